The number of ether oxygens (including phenoxy) is 2. The van der Waals surface area contributed by atoms with Crippen LogP contribution in [0.2, 0.25) is 0 Å². The van der Waals surface area contributed by atoms with Crippen LogP contribution in [-0.2, 0) is 0 Å². The third-order valence-electron chi connectivity index (χ3n) is 4.77. The van der Waals surface area contributed by atoms with E-state index in [4.69, 9.17) is 9.47 Å². The zero-order valence-electron chi connectivity index (χ0n) is 16.1. The quantitative estimate of drug-likeness (QED) is 0.343. The Bertz CT molecular complexity index is 868. The van der Waals surface area contributed by atoms with Crippen LogP contribution in [0, 0.1) is 27.7 Å². The minimum atomic E-state index is -0.129. The van der Waals surface area contributed by atoms with Gasteiger partial charge in [0.1, 0.15) is 13.2 Å². The molecular weight excluding hydrogens is 624 g/mol. The van der Waals surface area contributed by atoms with Crippen LogP contribution in [-0.4, -0.2) is 36.6 Å². The van der Waals surface area contributed by atoms with Crippen molar-refractivity contribution in [1.29, 1.82) is 0 Å². The lowest BCUT2D eigenvalue weighted by atomic mass is 9.90. The average molecular weight is 646 g/mol. The lowest BCUT2D eigenvalue weighted by Gasteiger charge is -2.24. The predicted molar refractivity (Wildman–Crippen MR) is 127 cm³/mol. The van der Waals surface area contributed by atoms with Crippen LogP contribution in [0.5, 0.6) is 11.5 Å². The van der Waals surface area contributed by atoms with Gasteiger partial charge in [0.25, 0.3) is 0 Å². The Balaban J connectivity index is 2.96. The molecule has 0 aliphatic carbocycles. The van der Waals surface area contributed by atoms with Crippen LogP contribution in [0.1, 0.15) is 22.3 Å². The summed E-state index contributed by atoms with van der Waals surface area (Å²) in [5.74, 6) is 0.964. The maximum absolute atomic E-state index is 9.34. The molecule has 2 N–H and O–H groups in total. The summed E-state index contributed by atoms with van der Waals surface area (Å²) in [6, 6.07) is 0. The van der Waals surface area contributed by atoms with Gasteiger partial charge in [-0.25, -0.2) is 0 Å². The van der Waals surface area contributed by atoms with Crippen molar-refractivity contribution in [2.24, 2.45) is 0 Å². The lowest BCUT2D eigenvalue weighted by molar-refractivity contribution is 0.178. The first kappa shape index (κ1) is 24.2. The van der Waals surface area contributed by atoms with Gasteiger partial charge in [-0.15, -0.1) is 0 Å². The van der Waals surface area contributed by atoms with E-state index in [2.05, 4.69) is 91.4 Å². The molecule has 0 saturated heterocycles. The van der Waals surface area contributed by atoms with Crippen LogP contribution in [0.25, 0.3) is 11.1 Å². The molecule has 2 rings (SSSR count). The van der Waals surface area contributed by atoms with Crippen molar-refractivity contribution in [2.45, 2.75) is 27.7 Å². The van der Waals surface area contributed by atoms with E-state index in [0.717, 1.165) is 35.7 Å². The maximum atomic E-state index is 9.34. The third-order valence-corrected chi connectivity index (χ3v) is 9.17. The van der Waals surface area contributed by atoms with Crippen LogP contribution < -0.4 is 9.47 Å². The van der Waals surface area contributed by atoms with Gasteiger partial charge < -0.3 is 19.7 Å². The second-order valence-corrected chi connectivity index (χ2v) is 9.48. The fraction of sp³-hybridized carbons (Fsp3) is 0.400. The van der Waals surface area contributed by atoms with Gasteiger partial charge >= 0.3 is 0 Å². The van der Waals surface area contributed by atoms with E-state index < -0.39 is 0 Å². The molecule has 0 aromatic heterocycles. The summed E-state index contributed by atoms with van der Waals surface area (Å²) in [5, 5.41) is 18.6. The van der Waals surface area contributed by atoms with Gasteiger partial charge in [-0.3, -0.25) is 0 Å². The Morgan fingerprint density at radius 1 is 0.571 bits per heavy atom. The van der Waals surface area contributed by atoms with E-state index in [1.807, 2.05) is 0 Å². The summed E-state index contributed by atoms with van der Waals surface area (Å²) in [6.45, 7) is 8.35. The van der Waals surface area contributed by atoms with Crippen molar-refractivity contribution >= 4 is 63.7 Å². The SMILES string of the molecule is Cc1c(C)c(C)c(-c2c(Br)c(Br)c(Br)c(OCCO)c2OCCO)c(Br)c1C. The number of hydrogen-bond acceptors (Lipinski definition) is 4. The van der Waals surface area contributed by atoms with Crippen LogP contribution in [0.4, 0.5) is 0 Å². The summed E-state index contributed by atoms with van der Waals surface area (Å²) in [5.41, 5.74) is 6.50. The number of rotatable bonds is 7. The molecule has 2 aromatic rings. The summed E-state index contributed by atoms with van der Waals surface area (Å²) in [6.07, 6.45) is 0. The molecule has 0 heterocycles. The van der Waals surface area contributed by atoms with Crippen LogP contribution >= 0.6 is 63.7 Å². The van der Waals surface area contributed by atoms with Crippen molar-refractivity contribution in [2.75, 3.05) is 26.4 Å². The maximum Gasteiger partial charge on any atom is 0.177 e. The fourth-order valence-corrected chi connectivity index (χ4v) is 5.47. The minimum absolute atomic E-state index is 0.115. The van der Waals surface area contributed by atoms with Gasteiger partial charge in [-0.2, -0.15) is 0 Å². The molecule has 2 aromatic carbocycles. The number of hydrogen-bond donors (Lipinski definition) is 2. The van der Waals surface area contributed by atoms with E-state index >= 15 is 0 Å². The summed E-state index contributed by atoms with van der Waals surface area (Å²) >= 11 is 14.6. The van der Waals surface area contributed by atoms with Gasteiger partial charge in [0.05, 0.1) is 22.2 Å². The molecule has 0 spiro atoms. The standard InChI is InChI=1S/C20H22Br4O4/c1-9-10(2)12(4)15(21)13(11(9)3)14-16(22)17(23)18(24)20(28-8-6-26)19(14)27-7-5-25/h25-26H,5-8H2,1-4H3. The Labute approximate surface area is 199 Å². The molecule has 0 saturated carbocycles. The zero-order valence-corrected chi connectivity index (χ0v) is 22.4. The van der Waals surface area contributed by atoms with Gasteiger partial charge in [0, 0.05) is 20.1 Å². The topological polar surface area (TPSA) is 58.9 Å². The molecular formula is C20H22Br4O4. The number of aliphatic hydroxyl groups excluding tert-OH is 2. The van der Waals surface area contributed by atoms with E-state index in [1.165, 1.54) is 11.1 Å². The zero-order chi connectivity index (χ0) is 21.2. The van der Waals surface area contributed by atoms with Crippen molar-refractivity contribution in [3.8, 4) is 22.6 Å². The van der Waals surface area contributed by atoms with Crippen LogP contribution in [0.15, 0.2) is 17.9 Å². The van der Waals surface area contributed by atoms with E-state index in [1.54, 1.807) is 0 Å². The normalized spacial score (nSPS) is 11.1. The molecule has 0 amide bonds. The molecule has 0 atom stereocenters. The first-order chi connectivity index (χ1) is 13.2. The molecule has 0 bridgehead atoms. The summed E-state index contributed by atoms with van der Waals surface area (Å²) < 4.78 is 15.0. The highest BCUT2D eigenvalue weighted by Gasteiger charge is 2.28. The second-order valence-electron chi connectivity index (χ2n) is 6.31. The first-order valence-electron chi connectivity index (χ1n) is 8.62. The molecule has 0 unspecified atom stereocenters. The smallest absolute Gasteiger partial charge is 0.177 e. The van der Waals surface area contributed by atoms with Gasteiger partial charge in [0.15, 0.2) is 11.5 Å². The second kappa shape index (κ2) is 10.3. The number of aliphatic hydroxyl groups is 2. The van der Waals surface area contributed by atoms with Gasteiger partial charge in [0.2, 0.25) is 0 Å². The van der Waals surface area contributed by atoms with Crippen molar-refractivity contribution in [3.63, 3.8) is 0 Å². The highest BCUT2D eigenvalue weighted by molar-refractivity contribution is 9.14. The average Bonchev–Trinajstić information content (AvgIpc) is 2.68. The fourth-order valence-electron chi connectivity index (χ4n) is 2.97. The molecule has 4 nitrogen and oxygen atoms in total. The molecule has 8 heteroatoms. The van der Waals surface area contributed by atoms with Gasteiger partial charge in [-0.05, 0) is 114 Å². The number of benzene rings is 2. The first-order valence-corrected chi connectivity index (χ1v) is 11.8. The van der Waals surface area contributed by atoms with Crippen molar-refractivity contribution < 1.29 is 19.7 Å². The lowest BCUT2D eigenvalue weighted by Crippen LogP contribution is -2.10. The summed E-state index contributed by atoms with van der Waals surface area (Å²) in [4.78, 5) is 0. The monoisotopic (exact) mass is 642 g/mol. The van der Waals surface area contributed by atoms with Crippen molar-refractivity contribution in [1.82, 2.24) is 0 Å². The van der Waals surface area contributed by atoms with E-state index in [0.29, 0.717) is 16.0 Å². The summed E-state index contributed by atoms with van der Waals surface area (Å²) in [7, 11) is 0. The number of halogens is 4. The highest BCUT2D eigenvalue weighted by atomic mass is 79.9. The van der Waals surface area contributed by atoms with Crippen molar-refractivity contribution in [3.05, 3.63) is 40.1 Å². The van der Waals surface area contributed by atoms with Crippen LogP contribution in [0.3, 0.4) is 0 Å². The molecule has 0 aliphatic heterocycles. The van der Waals surface area contributed by atoms with E-state index in [-0.39, 0.29) is 26.4 Å². The molecule has 0 radical (unpaired) electrons. The predicted octanol–water partition coefficient (Wildman–Crippen LogP) is 6.38. The Morgan fingerprint density at radius 3 is 1.61 bits per heavy atom. The largest absolute Gasteiger partial charge is 0.487 e. The molecule has 0 aliphatic rings. The highest BCUT2D eigenvalue weighted by Crippen LogP contribution is 2.54. The minimum Gasteiger partial charge on any atom is -0.487 e. The Hall–Kier alpha value is -0.120. The Morgan fingerprint density at radius 2 is 1.07 bits per heavy atom. The Kier molecular flexibility index (Phi) is 8.85. The third kappa shape index (κ3) is 4.47. The van der Waals surface area contributed by atoms with Gasteiger partial charge in [-0.1, -0.05) is 0 Å². The molecule has 154 valence electrons. The molecule has 28 heavy (non-hydrogen) atoms. The molecule has 0 fully saturated rings. The van der Waals surface area contributed by atoms with E-state index in [9.17, 15) is 10.2 Å².